The van der Waals surface area contributed by atoms with Crippen molar-refractivity contribution in [2.45, 2.75) is 52.6 Å². The van der Waals surface area contributed by atoms with Crippen molar-refractivity contribution < 1.29 is 23.9 Å². The van der Waals surface area contributed by atoms with Gasteiger partial charge in [-0.2, -0.15) is 5.10 Å². The van der Waals surface area contributed by atoms with Crippen molar-refractivity contribution in [1.29, 1.82) is 0 Å². The smallest absolute Gasteiger partial charge is 0.341 e. The van der Waals surface area contributed by atoms with Gasteiger partial charge in [-0.25, -0.2) is 9.89 Å². The molecule has 2 N–H and O–H groups in total. The third kappa shape index (κ3) is 5.59. The lowest BCUT2D eigenvalue weighted by Gasteiger charge is -2.18. The van der Waals surface area contributed by atoms with Crippen LogP contribution < -0.4 is 10.9 Å². The van der Waals surface area contributed by atoms with Crippen molar-refractivity contribution in [3.63, 3.8) is 0 Å². The minimum atomic E-state index is -0.663. The van der Waals surface area contributed by atoms with Crippen LogP contribution in [-0.4, -0.2) is 40.8 Å². The average molecular weight is 498 g/mol. The van der Waals surface area contributed by atoms with Gasteiger partial charge in [-0.1, -0.05) is 25.1 Å². The third-order valence-corrected chi connectivity index (χ3v) is 6.93. The minimum Gasteiger partial charge on any atom is -0.459 e. The molecule has 0 unspecified atom stereocenters. The van der Waals surface area contributed by atoms with E-state index in [1.807, 2.05) is 0 Å². The second-order valence-electron chi connectivity index (χ2n) is 8.94. The summed E-state index contributed by atoms with van der Waals surface area (Å²) in [6.45, 7) is 5.19. The molecule has 0 fully saturated rings. The standard InChI is InChI=1S/C25H27N3O6S/c1-13(2)34-25(32)22-17-9-8-14(3)10-19(17)35-24(22)26-20(29)12-33-21(30)11-18-15-6-4-5-7-16(15)23(31)28-27-18/h4-7,13-14H,8-12H2,1-3H3,(H,26,29)(H,28,31)/t14-/m1/s1. The highest BCUT2D eigenvalue weighted by Gasteiger charge is 2.29. The van der Waals surface area contributed by atoms with Gasteiger partial charge in [-0.3, -0.25) is 14.4 Å². The van der Waals surface area contributed by atoms with Gasteiger partial charge in [0, 0.05) is 10.3 Å². The van der Waals surface area contributed by atoms with Crippen molar-refractivity contribution in [3.05, 3.63) is 56.3 Å². The molecule has 0 bridgehead atoms. The monoisotopic (exact) mass is 497 g/mol. The lowest BCUT2D eigenvalue weighted by Crippen LogP contribution is -2.23. The molecule has 9 nitrogen and oxygen atoms in total. The molecule has 35 heavy (non-hydrogen) atoms. The van der Waals surface area contributed by atoms with Crippen molar-refractivity contribution in [1.82, 2.24) is 10.2 Å². The van der Waals surface area contributed by atoms with E-state index in [0.717, 1.165) is 29.7 Å². The molecule has 0 radical (unpaired) electrons. The third-order valence-electron chi connectivity index (χ3n) is 5.76. The topological polar surface area (TPSA) is 127 Å². The summed E-state index contributed by atoms with van der Waals surface area (Å²) in [5.74, 6) is -1.18. The lowest BCUT2D eigenvalue weighted by molar-refractivity contribution is -0.146. The average Bonchev–Trinajstić information content (AvgIpc) is 3.16. The van der Waals surface area contributed by atoms with E-state index in [4.69, 9.17) is 9.47 Å². The van der Waals surface area contributed by atoms with E-state index in [0.29, 0.717) is 32.9 Å². The molecule has 0 saturated heterocycles. The molecular weight excluding hydrogens is 470 g/mol. The van der Waals surface area contributed by atoms with E-state index in [9.17, 15) is 19.2 Å². The fourth-order valence-electron chi connectivity index (χ4n) is 4.13. The Labute approximate surface area is 205 Å². The summed E-state index contributed by atoms with van der Waals surface area (Å²) >= 11 is 1.37. The highest BCUT2D eigenvalue weighted by molar-refractivity contribution is 7.17. The number of esters is 2. The first-order valence-electron chi connectivity index (χ1n) is 11.5. The number of aromatic amines is 1. The molecular formula is C25H27N3O6S. The lowest BCUT2D eigenvalue weighted by atomic mass is 9.88. The van der Waals surface area contributed by atoms with Crippen LogP contribution >= 0.6 is 11.3 Å². The Bertz CT molecular complexity index is 1340. The maximum Gasteiger partial charge on any atom is 0.341 e. The van der Waals surface area contributed by atoms with Crippen LogP contribution in [0.15, 0.2) is 29.1 Å². The number of hydrogen-bond acceptors (Lipinski definition) is 8. The fourth-order valence-corrected chi connectivity index (χ4v) is 5.55. The number of anilines is 1. The first kappa shape index (κ1) is 24.6. The van der Waals surface area contributed by atoms with Crippen LogP contribution in [0.1, 0.15) is 53.7 Å². The summed E-state index contributed by atoms with van der Waals surface area (Å²) in [6, 6.07) is 6.80. The normalized spacial score (nSPS) is 15.0. The fraction of sp³-hybridized carbons (Fsp3) is 0.400. The molecule has 2 heterocycles. The van der Waals surface area contributed by atoms with Gasteiger partial charge < -0.3 is 14.8 Å². The SMILES string of the molecule is CC(C)OC(=O)c1c(NC(=O)COC(=O)Cc2n[nH]c(=O)c3ccccc23)sc2c1CC[C@@H](C)C2. The number of fused-ring (bicyclic) bond motifs is 2. The molecule has 0 aliphatic heterocycles. The van der Waals surface area contributed by atoms with Crippen LogP contribution in [0.5, 0.6) is 0 Å². The van der Waals surface area contributed by atoms with Crippen LogP contribution in [0.3, 0.4) is 0 Å². The van der Waals surface area contributed by atoms with Crippen LogP contribution in [-0.2, 0) is 38.3 Å². The van der Waals surface area contributed by atoms with Gasteiger partial charge >= 0.3 is 11.9 Å². The molecule has 2 aromatic heterocycles. The zero-order valence-corrected chi connectivity index (χ0v) is 20.6. The Morgan fingerprint density at radius 2 is 1.97 bits per heavy atom. The number of H-pyrrole nitrogens is 1. The summed E-state index contributed by atoms with van der Waals surface area (Å²) in [7, 11) is 0. The number of hydrogen-bond donors (Lipinski definition) is 2. The first-order valence-corrected chi connectivity index (χ1v) is 12.3. The summed E-state index contributed by atoms with van der Waals surface area (Å²) in [4.78, 5) is 50.8. The summed E-state index contributed by atoms with van der Waals surface area (Å²) in [5, 5.41) is 10.4. The van der Waals surface area contributed by atoms with Crippen LogP contribution in [0.4, 0.5) is 5.00 Å². The molecule has 3 aromatic rings. The number of benzene rings is 1. The van der Waals surface area contributed by atoms with E-state index in [2.05, 4.69) is 22.4 Å². The molecule has 1 aliphatic rings. The molecule has 1 aliphatic carbocycles. The first-order chi connectivity index (χ1) is 16.7. The number of nitrogens with one attached hydrogen (secondary N) is 2. The van der Waals surface area contributed by atoms with Gasteiger partial charge in [0.15, 0.2) is 6.61 Å². The quantitative estimate of drug-likeness (QED) is 0.479. The molecule has 0 saturated carbocycles. The molecule has 1 amide bonds. The van der Waals surface area contributed by atoms with E-state index < -0.39 is 24.5 Å². The van der Waals surface area contributed by atoms with Gasteiger partial charge in [0.05, 0.1) is 29.2 Å². The van der Waals surface area contributed by atoms with Crippen LogP contribution in [0.2, 0.25) is 0 Å². The zero-order chi connectivity index (χ0) is 25.1. The number of aromatic nitrogens is 2. The zero-order valence-electron chi connectivity index (χ0n) is 19.8. The highest BCUT2D eigenvalue weighted by atomic mass is 32.1. The predicted octanol–water partition coefficient (Wildman–Crippen LogP) is 3.40. The number of ether oxygens (including phenoxy) is 2. The summed E-state index contributed by atoms with van der Waals surface area (Å²) in [6.07, 6.45) is 2.06. The Hall–Kier alpha value is -3.53. The number of carbonyl (C=O) groups excluding carboxylic acids is 3. The van der Waals surface area contributed by atoms with Gasteiger partial charge in [0.1, 0.15) is 5.00 Å². The second kappa shape index (κ2) is 10.4. The van der Waals surface area contributed by atoms with Gasteiger partial charge in [0.25, 0.3) is 11.5 Å². The van der Waals surface area contributed by atoms with Gasteiger partial charge in [-0.05, 0) is 50.7 Å². The highest BCUT2D eigenvalue weighted by Crippen LogP contribution is 2.40. The maximum atomic E-state index is 12.8. The summed E-state index contributed by atoms with van der Waals surface area (Å²) < 4.78 is 10.6. The Morgan fingerprint density at radius 1 is 1.23 bits per heavy atom. The number of nitrogens with zero attached hydrogens (tertiary/aromatic N) is 1. The second-order valence-corrected chi connectivity index (χ2v) is 10.0. The van der Waals surface area contributed by atoms with Crippen LogP contribution in [0.25, 0.3) is 10.8 Å². The Kier molecular flexibility index (Phi) is 7.30. The van der Waals surface area contributed by atoms with Crippen molar-refractivity contribution >= 4 is 45.0 Å². The van der Waals surface area contributed by atoms with Crippen LogP contribution in [0, 0.1) is 5.92 Å². The summed E-state index contributed by atoms with van der Waals surface area (Å²) in [5.41, 5.74) is 1.33. The number of thiophene rings is 1. The maximum absolute atomic E-state index is 12.8. The molecule has 184 valence electrons. The molecule has 0 spiro atoms. The van der Waals surface area contributed by atoms with Crippen molar-refractivity contribution in [2.24, 2.45) is 5.92 Å². The number of rotatable bonds is 7. The number of amides is 1. The largest absolute Gasteiger partial charge is 0.459 e. The molecule has 10 heteroatoms. The van der Waals surface area contributed by atoms with Gasteiger partial charge in [-0.15, -0.1) is 11.3 Å². The van der Waals surface area contributed by atoms with E-state index in [1.54, 1.807) is 38.1 Å². The molecule has 4 rings (SSSR count). The number of carbonyl (C=O) groups is 3. The molecule has 1 atom stereocenters. The Morgan fingerprint density at radius 3 is 2.71 bits per heavy atom. The van der Waals surface area contributed by atoms with E-state index in [-0.39, 0.29) is 18.1 Å². The van der Waals surface area contributed by atoms with E-state index in [1.165, 1.54) is 11.3 Å². The van der Waals surface area contributed by atoms with E-state index >= 15 is 0 Å². The van der Waals surface area contributed by atoms with Crippen molar-refractivity contribution in [2.75, 3.05) is 11.9 Å². The van der Waals surface area contributed by atoms with Crippen molar-refractivity contribution in [3.8, 4) is 0 Å². The Balaban J connectivity index is 1.43. The minimum absolute atomic E-state index is 0.207. The predicted molar refractivity (Wildman–Crippen MR) is 132 cm³/mol. The molecule has 1 aromatic carbocycles. The van der Waals surface area contributed by atoms with Gasteiger partial charge in [0.2, 0.25) is 0 Å².